The monoisotopic (exact) mass is 354 g/mol. The Kier molecular flexibility index (Phi) is 6.32. The Balaban J connectivity index is 2.39. The molecule has 2 rings (SSSR count). The molecule has 25 heavy (non-hydrogen) atoms. The molecule has 0 saturated heterocycles. The van der Waals surface area contributed by atoms with Crippen LogP contribution in [0.3, 0.4) is 0 Å². The third-order valence-electron chi connectivity index (χ3n) is 3.98. The predicted octanol–water partition coefficient (Wildman–Crippen LogP) is 3.04. The summed E-state index contributed by atoms with van der Waals surface area (Å²) in [6.45, 7) is 3.92. The molecule has 6 nitrogen and oxygen atoms in total. The van der Waals surface area contributed by atoms with Gasteiger partial charge in [0.25, 0.3) is 0 Å². The van der Waals surface area contributed by atoms with E-state index in [1.54, 1.807) is 6.92 Å². The fourth-order valence-corrected chi connectivity index (χ4v) is 3.72. The smallest absolute Gasteiger partial charge is 0.316 e. The second-order valence-electron chi connectivity index (χ2n) is 5.52. The zero-order valence-electron chi connectivity index (χ0n) is 14.0. The Labute approximate surface area is 151 Å². The number of nitriles is 2. The number of nitrogens with zero attached hydrogens (tertiary/aromatic N) is 3. The third-order valence-corrected chi connectivity index (χ3v) is 5.00. The van der Waals surface area contributed by atoms with Crippen molar-refractivity contribution in [1.29, 1.82) is 15.9 Å². The third kappa shape index (κ3) is 4.07. The number of hydrogen-bond donors (Lipinski definition) is 1. The van der Waals surface area contributed by atoms with Crippen LogP contribution in [0.25, 0.3) is 0 Å². The lowest BCUT2D eigenvalue weighted by atomic mass is 9.74. The normalized spacial score (nSPS) is 22.5. The van der Waals surface area contributed by atoms with Crippen molar-refractivity contribution < 1.29 is 9.53 Å². The van der Waals surface area contributed by atoms with Crippen molar-refractivity contribution in [3.05, 3.63) is 35.4 Å². The number of amidine groups is 1. The second kappa shape index (κ2) is 8.46. The standard InChI is InChI=1S/C18H18N4O2S/c1-3-24-15(23)10-25-18-14(9-20)16(13(8-19)17(21)22-18)12-7-5-4-6-11(12)2/h4-7,13-14,16,21H,3,10H2,1-2H3. The molecule has 3 unspecified atom stereocenters. The van der Waals surface area contributed by atoms with Crippen LogP contribution in [-0.4, -0.2) is 29.2 Å². The van der Waals surface area contributed by atoms with E-state index < -0.39 is 23.7 Å². The van der Waals surface area contributed by atoms with Gasteiger partial charge in [-0.3, -0.25) is 10.2 Å². The minimum atomic E-state index is -0.794. The highest BCUT2D eigenvalue weighted by Crippen LogP contribution is 2.40. The van der Waals surface area contributed by atoms with Crippen molar-refractivity contribution in [2.45, 2.75) is 19.8 Å². The van der Waals surface area contributed by atoms with Crippen molar-refractivity contribution >= 4 is 28.6 Å². The lowest BCUT2D eigenvalue weighted by Gasteiger charge is -2.31. The number of aryl methyl sites for hydroxylation is 1. The molecular weight excluding hydrogens is 336 g/mol. The average molecular weight is 354 g/mol. The van der Waals surface area contributed by atoms with Crippen LogP contribution >= 0.6 is 11.8 Å². The van der Waals surface area contributed by atoms with Gasteiger partial charge in [0, 0.05) is 5.92 Å². The number of carbonyl (C=O) groups is 1. The minimum Gasteiger partial charge on any atom is -0.465 e. The molecule has 3 atom stereocenters. The van der Waals surface area contributed by atoms with Crippen LogP contribution in [0.15, 0.2) is 29.3 Å². The van der Waals surface area contributed by atoms with Gasteiger partial charge >= 0.3 is 5.97 Å². The lowest BCUT2D eigenvalue weighted by Crippen LogP contribution is -2.35. The molecule has 1 aromatic carbocycles. The van der Waals surface area contributed by atoms with Gasteiger partial charge in [-0.05, 0) is 25.0 Å². The van der Waals surface area contributed by atoms with E-state index in [1.807, 2.05) is 31.2 Å². The Morgan fingerprint density at radius 1 is 1.32 bits per heavy atom. The van der Waals surface area contributed by atoms with Crippen LogP contribution in [0.2, 0.25) is 0 Å². The molecular formula is C18H18N4O2S. The number of aliphatic imine (C=N–C) groups is 1. The van der Waals surface area contributed by atoms with E-state index in [0.717, 1.165) is 22.9 Å². The summed E-state index contributed by atoms with van der Waals surface area (Å²) in [5, 5.41) is 27.7. The van der Waals surface area contributed by atoms with Crippen molar-refractivity contribution in [2.75, 3.05) is 12.4 Å². The Morgan fingerprint density at radius 2 is 2.00 bits per heavy atom. The molecule has 0 amide bonds. The Bertz CT molecular complexity index is 791. The molecule has 0 bridgehead atoms. The maximum absolute atomic E-state index is 11.6. The van der Waals surface area contributed by atoms with E-state index in [1.165, 1.54) is 0 Å². The van der Waals surface area contributed by atoms with E-state index in [9.17, 15) is 15.3 Å². The summed E-state index contributed by atoms with van der Waals surface area (Å²) >= 11 is 1.10. The van der Waals surface area contributed by atoms with Gasteiger partial charge in [-0.1, -0.05) is 36.0 Å². The number of benzene rings is 1. The van der Waals surface area contributed by atoms with Gasteiger partial charge in [0.1, 0.15) is 17.7 Å². The summed E-state index contributed by atoms with van der Waals surface area (Å²) in [6, 6.07) is 11.9. The van der Waals surface area contributed by atoms with Crippen molar-refractivity contribution in [3.63, 3.8) is 0 Å². The molecule has 128 valence electrons. The van der Waals surface area contributed by atoms with E-state index >= 15 is 0 Å². The summed E-state index contributed by atoms with van der Waals surface area (Å²) in [7, 11) is 0. The van der Waals surface area contributed by atoms with E-state index in [-0.39, 0.29) is 18.2 Å². The first-order valence-electron chi connectivity index (χ1n) is 7.83. The van der Waals surface area contributed by atoms with Gasteiger partial charge in [0.05, 0.1) is 29.5 Å². The van der Waals surface area contributed by atoms with E-state index in [4.69, 9.17) is 10.1 Å². The highest BCUT2D eigenvalue weighted by Gasteiger charge is 2.41. The maximum atomic E-state index is 11.6. The van der Waals surface area contributed by atoms with E-state index in [0.29, 0.717) is 5.04 Å². The zero-order chi connectivity index (χ0) is 18.4. The van der Waals surface area contributed by atoms with Gasteiger partial charge in [-0.25, -0.2) is 4.99 Å². The first-order valence-corrected chi connectivity index (χ1v) is 8.82. The van der Waals surface area contributed by atoms with Crippen molar-refractivity contribution in [1.82, 2.24) is 0 Å². The van der Waals surface area contributed by atoms with Crippen LogP contribution in [0, 0.1) is 46.8 Å². The molecule has 1 aliphatic rings. The topological polar surface area (TPSA) is 110 Å². The molecule has 1 aliphatic heterocycles. The van der Waals surface area contributed by atoms with Crippen molar-refractivity contribution in [3.8, 4) is 12.1 Å². The van der Waals surface area contributed by atoms with Gasteiger partial charge in [0.2, 0.25) is 0 Å². The highest BCUT2D eigenvalue weighted by atomic mass is 32.2. The molecule has 0 fully saturated rings. The molecule has 0 spiro atoms. The number of carbonyl (C=O) groups excluding carboxylic acids is 1. The van der Waals surface area contributed by atoms with Crippen LogP contribution in [0.4, 0.5) is 0 Å². The van der Waals surface area contributed by atoms with Gasteiger partial charge in [0.15, 0.2) is 0 Å². The summed E-state index contributed by atoms with van der Waals surface area (Å²) in [6.07, 6.45) is 0. The summed E-state index contributed by atoms with van der Waals surface area (Å²) in [5.41, 5.74) is 1.81. The maximum Gasteiger partial charge on any atom is 0.316 e. The molecule has 1 heterocycles. The molecule has 1 N–H and O–H groups in total. The van der Waals surface area contributed by atoms with Crippen LogP contribution < -0.4 is 0 Å². The first-order chi connectivity index (χ1) is 12.0. The number of nitrogens with one attached hydrogen (secondary N) is 1. The van der Waals surface area contributed by atoms with Crippen LogP contribution in [0.1, 0.15) is 24.0 Å². The fraction of sp³-hybridized carbons (Fsp3) is 0.389. The van der Waals surface area contributed by atoms with E-state index in [2.05, 4.69) is 17.1 Å². The molecule has 0 aliphatic carbocycles. The van der Waals surface area contributed by atoms with Gasteiger partial charge < -0.3 is 4.74 Å². The lowest BCUT2D eigenvalue weighted by molar-refractivity contribution is -0.139. The quantitative estimate of drug-likeness (QED) is 0.836. The van der Waals surface area contributed by atoms with Gasteiger partial charge in [-0.2, -0.15) is 10.5 Å². The summed E-state index contributed by atoms with van der Waals surface area (Å²) < 4.78 is 4.90. The number of ether oxygens (including phenoxy) is 1. The number of hydrogen-bond acceptors (Lipinski definition) is 6. The summed E-state index contributed by atoms with van der Waals surface area (Å²) in [4.78, 5) is 15.7. The Morgan fingerprint density at radius 3 is 2.60 bits per heavy atom. The van der Waals surface area contributed by atoms with Gasteiger partial charge in [-0.15, -0.1) is 0 Å². The number of esters is 1. The van der Waals surface area contributed by atoms with Crippen molar-refractivity contribution in [2.24, 2.45) is 16.8 Å². The molecule has 7 heteroatoms. The second-order valence-corrected chi connectivity index (χ2v) is 6.52. The predicted molar refractivity (Wildman–Crippen MR) is 96.4 cm³/mol. The zero-order valence-corrected chi connectivity index (χ0v) is 14.8. The summed E-state index contributed by atoms with van der Waals surface area (Å²) in [5.74, 6) is -2.40. The largest absolute Gasteiger partial charge is 0.465 e. The molecule has 1 aromatic rings. The molecule has 0 radical (unpaired) electrons. The number of thioether (sulfide) groups is 1. The Hall–Kier alpha value is -2.64. The SMILES string of the molecule is CCOC(=O)CSC1=NC(=N)C(C#N)C(c2ccccc2C)C1C#N. The minimum absolute atomic E-state index is 0.0237. The average Bonchev–Trinajstić information content (AvgIpc) is 2.60. The molecule has 0 aromatic heterocycles. The molecule has 0 saturated carbocycles. The van der Waals surface area contributed by atoms with Crippen LogP contribution in [-0.2, 0) is 9.53 Å². The number of rotatable bonds is 4. The van der Waals surface area contributed by atoms with Crippen LogP contribution in [0.5, 0.6) is 0 Å². The fourth-order valence-electron chi connectivity index (χ4n) is 2.83. The highest BCUT2D eigenvalue weighted by molar-refractivity contribution is 8.14. The first kappa shape index (κ1) is 18.7.